The third-order valence-electron chi connectivity index (χ3n) is 4.06. The van der Waals surface area contributed by atoms with Crippen molar-refractivity contribution >= 4 is 38.8 Å². The Morgan fingerprint density at radius 1 is 1.28 bits per heavy atom. The van der Waals surface area contributed by atoms with E-state index in [1.165, 1.54) is 28.8 Å². The molecule has 0 bridgehead atoms. The van der Waals surface area contributed by atoms with Gasteiger partial charge in [-0.2, -0.15) is 15.4 Å². The molecule has 1 amide bonds. The average molecular weight is 402 g/mol. The minimum absolute atomic E-state index is 0.372. The second-order valence-corrected chi connectivity index (χ2v) is 6.91. The lowest BCUT2D eigenvalue weighted by Crippen LogP contribution is -2.25. The van der Waals surface area contributed by atoms with Gasteiger partial charge in [0.2, 0.25) is 5.13 Å². The molecule has 0 radical (unpaired) electrons. The molecule has 7 nitrogen and oxygen atoms in total. The first kappa shape index (κ1) is 18.4. The number of methoxy groups -OCH3 is 1. The zero-order valence-corrected chi connectivity index (χ0v) is 16.1. The number of anilines is 1. The Morgan fingerprint density at radius 3 is 2.79 bits per heavy atom. The maximum atomic E-state index is 13.1. The number of hydrogen-bond donors (Lipinski definition) is 0. The SMILES string of the molecule is COc1ccc2nc(N(/N=C/c3ccco3)C(=O)c3ccc(C#N)cc3)sc2c1. The van der Waals surface area contributed by atoms with Crippen LogP contribution in [0, 0.1) is 11.3 Å². The molecule has 142 valence electrons. The molecular weight excluding hydrogens is 388 g/mol. The molecule has 0 saturated carbocycles. The molecule has 0 unspecified atom stereocenters. The summed E-state index contributed by atoms with van der Waals surface area (Å²) < 4.78 is 11.4. The lowest BCUT2D eigenvalue weighted by molar-refractivity contribution is 0.0988. The van der Waals surface area contributed by atoms with Crippen molar-refractivity contribution in [3.05, 3.63) is 77.7 Å². The van der Waals surface area contributed by atoms with Crippen LogP contribution in [0.2, 0.25) is 0 Å². The summed E-state index contributed by atoms with van der Waals surface area (Å²) in [5.41, 5.74) is 1.59. The number of benzene rings is 2. The van der Waals surface area contributed by atoms with E-state index in [-0.39, 0.29) is 5.91 Å². The second-order valence-electron chi connectivity index (χ2n) is 5.90. The van der Waals surface area contributed by atoms with Crippen molar-refractivity contribution in [3.8, 4) is 11.8 Å². The van der Waals surface area contributed by atoms with E-state index >= 15 is 0 Å². The molecule has 2 heterocycles. The van der Waals surface area contributed by atoms with E-state index < -0.39 is 0 Å². The van der Waals surface area contributed by atoms with Crippen LogP contribution in [0.3, 0.4) is 0 Å². The first-order chi connectivity index (χ1) is 14.2. The molecule has 0 spiro atoms. The van der Waals surface area contributed by atoms with Crippen LogP contribution in [-0.2, 0) is 0 Å². The topological polar surface area (TPSA) is 91.7 Å². The Kier molecular flexibility index (Phi) is 5.05. The predicted octanol–water partition coefficient (Wildman–Crippen LogP) is 4.45. The van der Waals surface area contributed by atoms with E-state index in [1.807, 2.05) is 24.3 Å². The van der Waals surface area contributed by atoms with Crippen LogP contribution >= 0.6 is 11.3 Å². The van der Waals surface area contributed by atoms with Crippen molar-refractivity contribution in [2.24, 2.45) is 5.10 Å². The summed E-state index contributed by atoms with van der Waals surface area (Å²) in [4.78, 5) is 17.7. The van der Waals surface area contributed by atoms with E-state index in [0.29, 0.717) is 27.8 Å². The standard InChI is InChI=1S/C21H14N4O3S/c1-27-16-8-9-18-19(11-16)29-21(24-18)25(23-13-17-3-2-10-28-17)20(26)15-6-4-14(12-22)5-7-15/h2-11,13H,1H3/b23-13+. The number of carbonyl (C=O) groups is 1. The second kappa shape index (κ2) is 7.96. The van der Waals surface area contributed by atoms with Gasteiger partial charge in [0.15, 0.2) is 0 Å². The average Bonchev–Trinajstić information content (AvgIpc) is 3.43. The first-order valence-electron chi connectivity index (χ1n) is 8.54. The number of aromatic nitrogens is 1. The molecule has 0 aliphatic carbocycles. The molecule has 0 aliphatic rings. The summed E-state index contributed by atoms with van der Waals surface area (Å²) in [5.74, 6) is 0.838. The van der Waals surface area contributed by atoms with Gasteiger partial charge in [0, 0.05) is 5.56 Å². The summed E-state index contributed by atoms with van der Waals surface area (Å²) in [6.07, 6.45) is 2.98. The highest BCUT2D eigenvalue weighted by Crippen LogP contribution is 2.32. The lowest BCUT2D eigenvalue weighted by Gasteiger charge is -2.13. The summed E-state index contributed by atoms with van der Waals surface area (Å²) >= 11 is 1.32. The molecule has 8 heteroatoms. The fraction of sp³-hybridized carbons (Fsp3) is 0.0476. The van der Waals surface area contributed by atoms with Crippen LogP contribution in [0.1, 0.15) is 21.7 Å². The monoisotopic (exact) mass is 402 g/mol. The highest BCUT2D eigenvalue weighted by Gasteiger charge is 2.21. The maximum Gasteiger partial charge on any atom is 0.280 e. The van der Waals surface area contributed by atoms with Gasteiger partial charge in [0.05, 0.1) is 41.4 Å². The van der Waals surface area contributed by atoms with Crippen LogP contribution in [0.5, 0.6) is 5.75 Å². The number of rotatable bonds is 5. The highest BCUT2D eigenvalue weighted by atomic mass is 32.1. The van der Waals surface area contributed by atoms with Gasteiger partial charge >= 0.3 is 0 Å². The van der Waals surface area contributed by atoms with Gasteiger partial charge in [0.25, 0.3) is 5.91 Å². The minimum Gasteiger partial charge on any atom is -0.497 e. The summed E-state index contributed by atoms with van der Waals surface area (Å²) in [6.45, 7) is 0. The van der Waals surface area contributed by atoms with Crippen molar-refractivity contribution < 1.29 is 13.9 Å². The van der Waals surface area contributed by atoms with Crippen molar-refractivity contribution in [3.63, 3.8) is 0 Å². The molecule has 0 saturated heterocycles. The number of carbonyl (C=O) groups excluding carboxylic acids is 1. The minimum atomic E-state index is -0.372. The number of fused-ring (bicyclic) bond motifs is 1. The van der Waals surface area contributed by atoms with Crippen LogP contribution in [0.15, 0.2) is 70.4 Å². The molecule has 4 rings (SSSR count). The Morgan fingerprint density at radius 2 is 2.10 bits per heavy atom. The van der Waals surface area contributed by atoms with Crippen LogP contribution < -0.4 is 9.75 Å². The van der Waals surface area contributed by atoms with Crippen molar-refractivity contribution in [2.75, 3.05) is 12.1 Å². The molecule has 0 N–H and O–H groups in total. The Labute approximate surface area is 170 Å². The van der Waals surface area contributed by atoms with Crippen LogP contribution in [-0.4, -0.2) is 24.2 Å². The summed E-state index contributed by atoms with van der Waals surface area (Å²) in [7, 11) is 1.59. The van der Waals surface area contributed by atoms with E-state index in [4.69, 9.17) is 14.4 Å². The number of hydrazone groups is 1. The molecule has 29 heavy (non-hydrogen) atoms. The number of nitrogens with zero attached hydrogens (tertiary/aromatic N) is 4. The van der Waals surface area contributed by atoms with Gasteiger partial charge in [-0.25, -0.2) is 4.98 Å². The Bertz CT molecular complexity index is 1220. The number of hydrogen-bond acceptors (Lipinski definition) is 7. The van der Waals surface area contributed by atoms with E-state index in [9.17, 15) is 4.79 Å². The quantitative estimate of drug-likeness (QED) is 0.363. The predicted molar refractivity (Wildman–Crippen MR) is 110 cm³/mol. The number of ether oxygens (including phenoxy) is 1. The lowest BCUT2D eigenvalue weighted by atomic mass is 10.1. The molecule has 2 aromatic heterocycles. The molecule has 0 atom stereocenters. The van der Waals surface area contributed by atoms with Gasteiger partial charge in [-0.3, -0.25) is 4.79 Å². The fourth-order valence-corrected chi connectivity index (χ4v) is 3.54. The van der Waals surface area contributed by atoms with Crippen molar-refractivity contribution in [1.29, 1.82) is 5.26 Å². The first-order valence-corrected chi connectivity index (χ1v) is 9.36. The molecule has 0 fully saturated rings. The third-order valence-corrected chi connectivity index (χ3v) is 5.06. The van der Waals surface area contributed by atoms with Gasteiger partial charge in [-0.15, -0.1) is 0 Å². The Hall–Kier alpha value is -3.96. The smallest absolute Gasteiger partial charge is 0.280 e. The van der Waals surface area contributed by atoms with Gasteiger partial charge in [-0.1, -0.05) is 11.3 Å². The summed E-state index contributed by atoms with van der Waals surface area (Å²) in [5, 5.41) is 14.9. The molecule has 0 aliphatic heterocycles. The Balaban J connectivity index is 1.75. The van der Waals surface area contributed by atoms with Gasteiger partial charge in [0.1, 0.15) is 11.5 Å². The number of thiazole rings is 1. The van der Waals surface area contributed by atoms with Crippen LogP contribution in [0.4, 0.5) is 5.13 Å². The van der Waals surface area contributed by atoms with Crippen molar-refractivity contribution in [1.82, 2.24) is 4.98 Å². The molecule has 2 aromatic carbocycles. The molecule has 4 aromatic rings. The number of nitriles is 1. The van der Waals surface area contributed by atoms with Gasteiger partial charge < -0.3 is 9.15 Å². The highest BCUT2D eigenvalue weighted by molar-refractivity contribution is 7.22. The van der Waals surface area contributed by atoms with E-state index in [2.05, 4.69) is 10.1 Å². The maximum absolute atomic E-state index is 13.1. The fourth-order valence-electron chi connectivity index (χ4n) is 2.59. The van der Waals surface area contributed by atoms with Crippen LogP contribution in [0.25, 0.3) is 10.2 Å². The zero-order valence-electron chi connectivity index (χ0n) is 15.3. The van der Waals surface area contributed by atoms with Crippen molar-refractivity contribution in [2.45, 2.75) is 0 Å². The normalized spacial score (nSPS) is 10.9. The zero-order chi connectivity index (χ0) is 20.2. The molecular formula is C21H14N4O3S. The van der Waals surface area contributed by atoms with E-state index in [1.54, 1.807) is 43.5 Å². The number of furan rings is 1. The summed E-state index contributed by atoms with van der Waals surface area (Å²) in [6, 6.07) is 17.4. The van der Waals surface area contributed by atoms with Gasteiger partial charge in [-0.05, 0) is 54.6 Å². The number of amides is 1. The third kappa shape index (κ3) is 3.85. The largest absolute Gasteiger partial charge is 0.497 e. The van der Waals surface area contributed by atoms with E-state index in [0.717, 1.165) is 10.2 Å².